The lowest BCUT2D eigenvalue weighted by atomic mass is 10.0. The fraction of sp³-hybridized carbons (Fsp3) is 0.191. The van der Waals surface area contributed by atoms with Crippen molar-refractivity contribution in [3.8, 4) is 11.5 Å². The number of hydrogen-bond donors (Lipinski definition) is 0. The van der Waals surface area contributed by atoms with Gasteiger partial charge in [0.05, 0.1) is 19.6 Å². The molecule has 0 saturated heterocycles. The first-order valence-electron chi connectivity index (χ1n) is 18.6. The molecule has 8 aromatic rings. The first-order valence-corrected chi connectivity index (χ1v) is 18.6. The monoisotopic (exact) mass is 698 g/mol. The number of nitrogens with zero attached hydrogens (tertiary/aromatic N) is 2. The van der Waals surface area contributed by atoms with Crippen molar-refractivity contribution in [2.45, 2.75) is 45.2 Å². The summed E-state index contributed by atoms with van der Waals surface area (Å²) >= 11 is 0. The zero-order valence-electron chi connectivity index (χ0n) is 29.7. The van der Waals surface area contributed by atoms with E-state index >= 15 is 0 Å². The molecule has 0 aliphatic heterocycles. The van der Waals surface area contributed by atoms with Crippen molar-refractivity contribution in [2.24, 2.45) is 0 Å². The molecule has 0 aliphatic carbocycles. The van der Waals surface area contributed by atoms with E-state index in [0.717, 1.165) is 38.8 Å². The average Bonchev–Trinajstić information content (AvgIpc) is 3.70. The summed E-state index contributed by atoms with van der Waals surface area (Å²) in [6, 6.07) is 48.5. The van der Waals surface area contributed by atoms with Crippen LogP contribution in [0.25, 0.3) is 43.6 Å². The molecule has 0 saturated carbocycles. The third-order valence-corrected chi connectivity index (χ3v) is 10.1. The Morgan fingerprint density at radius 3 is 1.23 bits per heavy atom. The van der Waals surface area contributed by atoms with Crippen LogP contribution in [0.1, 0.15) is 52.8 Å². The second-order valence-corrected chi connectivity index (χ2v) is 13.6. The lowest BCUT2D eigenvalue weighted by molar-refractivity contribution is 0.0893. The molecule has 0 amide bonds. The summed E-state index contributed by atoms with van der Waals surface area (Å²) in [4.78, 5) is 26.4. The van der Waals surface area contributed by atoms with Crippen molar-refractivity contribution in [3.63, 3.8) is 0 Å². The summed E-state index contributed by atoms with van der Waals surface area (Å²) in [5.74, 6) is 0.673. The summed E-state index contributed by atoms with van der Waals surface area (Å²) in [7, 11) is 0. The number of fused-ring (bicyclic) bond motifs is 6. The van der Waals surface area contributed by atoms with E-state index in [1.165, 1.54) is 43.6 Å². The number of Topliss-reactive ketones (excluding diaryl/α,β-unsaturated/α-hetero) is 2. The van der Waals surface area contributed by atoms with E-state index < -0.39 is 0 Å². The third kappa shape index (κ3) is 7.31. The number of aromatic nitrogens is 2. The summed E-state index contributed by atoms with van der Waals surface area (Å²) in [5, 5.41) is 5.08. The summed E-state index contributed by atoms with van der Waals surface area (Å²) in [5.41, 5.74) is 5.89. The number of hydrogen-bond acceptors (Lipinski definition) is 4. The third-order valence-electron chi connectivity index (χ3n) is 10.1. The second-order valence-electron chi connectivity index (χ2n) is 13.6. The number of ketones is 2. The topological polar surface area (TPSA) is 62.5 Å². The normalized spacial score (nSPS) is 11.5. The highest BCUT2D eigenvalue weighted by Gasteiger charge is 2.17. The first-order chi connectivity index (χ1) is 26.1. The minimum absolute atomic E-state index is 0.209. The van der Waals surface area contributed by atoms with Crippen LogP contribution in [0.5, 0.6) is 11.5 Å². The molecule has 0 atom stereocenters. The highest BCUT2D eigenvalue weighted by Crippen LogP contribution is 2.31. The molecule has 0 bridgehead atoms. The van der Waals surface area contributed by atoms with Crippen LogP contribution in [0.4, 0.5) is 0 Å². The molecular weight excluding hydrogens is 657 g/mol. The Labute approximate surface area is 309 Å². The largest absolute Gasteiger partial charge is 0.493 e. The number of carbonyl (C=O) groups is 2. The molecule has 6 aromatic carbocycles. The molecule has 53 heavy (non-hydrogen) atoms. The Balaban J connectivity index is 0.922. The summed E-state index contributed by atoms with van der Waals surface area (Å²) in [6.07, 6.45) is 3.32. The summed E-state index contributed by atoms with van der Waals surface area (Å²) < 4.78 is 17.3. The molecule has 2 aromatic heterocycles. The van der Waals surface area contributed by atoms with Crippen LogP contribution in [0.15, 0.2) is 146 Å². The molecular formula is C47H42N2O4. The number of ether oxygens (including phenoxy) is 2. The van der Waals surface area contributed by atoms with E-state index in [4.69, 9.17) is 9.47 Å². The molecule has 8 rings (SSSR count). The molecule has 0 fully saturated rings. The van der Waals surface area contributed by atoms with Gasteiger partial charge in [-0.3, -0.25) is 9.59 Å². The Morgan fingerprint density at radius 2 is 0.792 bits per heavy atom. The fourth-order valence-electron chi connectivity index (χ4n) is 7.49. The van der Waals surface area contributed by atoms with Gasteiger partial charge in [0, 0.05) is 73.9 Å². The lowest BCUT2D eigenvalue weighted by Crippen LogP contribution is -2.10. The average molecular weight is 699 g/mol. The number of carbonyl (C=O) groups excluding carboxylic acids is 2. The molecule has 2 heterocycles. The standard InChI is InChI=1S/C47H42N2O4/c50-46(34-16-2-1-3-17-34)33-47(51)35-30-36(52-28-14-12-26-48-42-22-8-4-18-38(42)39-19-5-9-23-43(39)48)32-37(31-35)53-29-15-13-27-49-44-24-10-6-20-40(44)41-21-7-11-25-45(41)49/h1-11,16-25,30-32H,12-15,26-29,33H2. The fourth-order valence-corrected chi connectivity index (χ4v) is 7.49. The number of unbranched alkanes of at least 4 members (excludes halogenated alkanes) is 2. The maximum atomic E-state index is 13.4. The van der Waals surface area contributed by atoms with Crippen LogP contribution in [0, 0.1) is 0 Å². The molecule has 0 N–H and O–H groups in total. The SMILES string of the molecule is O=C(CC(=O)c1cc(OCCCCn2c3ccccc3c3ccccc32)cc(OCCCCn2c3ccccc3c3ccccc32)c1)c1ccccc1. The van der Waals surface area contributed by atoms with Crippen molar-refractivity contribution in [1.82, 2.24) is 9.13 Å². The zero-order chi connectivity index (χ0) is 36.0. The van der Waals surface area contributed by atoms with Crippen LogP contribution in [-0.2, 0) is 13.1 Å². The highest BCUT2D eigenvalue weighted by atomic mass is 16.5. The van der Waals surface area contributed by atoms with Gasteiger partial charge in [0.1, 0.15) is 11.5 Å². The van der Waals surface area contributed by atoms with Gasteiger partial charge in [-0.1, -0.05) is 103 Å². The molecule has 0 aliphatic rings. The maximum Gasteiger partial charge on any atom is 0.170 e. The van der Waals surface area contributed by atoms with Crippen LogP contribution in [0.3, 0.4) is 0 Å². The molecule has 0 unspecified atom stereocenters. The Kier molecular flexibility index (Phi) is 10.0. The van der Waals surface area contributed by atoms with Crippen LogP contribution in [0.2, 0.25) is 0 Å². The number of rotatable bonds is 16. The van der Waals surface area contributed by atoms with E-state index in [1.54, 1.807) is 36.4 Å². The first kappa shape index (κ1) is 34.0. The van der Waals surface area contributed by atoms with Gasteiger partial charge < -0.3 is 18.6 Å². The van der Waals surface area contributed by atoms with E-state index in [-0.39, 0.29) is 18.0 Å². The van der Waals surface area contributed by atoms with Gasteiger partial charge in [-0.25, -0.2) is 0 Å². The molecule has 0 radical (unpaired) electrons. The molecule has 6 heteroatoms. The Bertz CT molecular complexity index is 2300. The number of benzene rings is 6. The van der Waals surface area contributed by atoms with Crippen LogP contribution >= 0.6 is 0 Å². The molecule has 0 spiro atoms. The van der Waals surface area contributed by atoms with Crippen molar-refractivity contribution < 1.29 is 19.1 Å². The smallest absolute Gasteiger partial charge is 0.170 e. The second kappa shape index (κ2) is 15.6. The van der Waals surface area contributed by atoms with Crippen molar-refractivity contribution >= 4 is 55.2 Å². The van der Waals surface area contributed by atoms with Gasteiger partial charge in [0.2, 0.25) is 0 Å². The zero-order valence-corrected chi connectivity index (χ0v) is 29.7. The number of aryl methyl sites for hydroxylation is 2. The number of para-hydroxylation sites is 4. The maximum absolute atomic E-state index is 13.4. The van der Waals surface area contributed by atoms with Crippen LogP contribution in [-0.4, -0.2) is 33.9 Å². The predicted octanol–water partition coefficient (Wildman–Crippen LogP) is 11.1. The van der Waals surface area contributed by atoms with E-state index in [1.807, 2.05) is 12.1 Å². The van der Waals surface area contributed by atoms with Crippen molar-refractivity contribution in [2.75, 3.05) is 13.2 Å². The van der Waals surface area contributed by atoms with Gasteiger partial charge in [-0.05, 0) is 62.1 Å². The Morgan fingerprint density at radius 1 is 0.415 bits per heavy atom. The van der Waals surface area contributed by atoms with Crippen molar-refractivity contribution in [3.05, 3.63) is 157 Å². The highest BCUT2D eigenvalue weighted by molar-refractivity contribution is 6.14. The van der Waals surface area contributed by atoms with Crippen LogP contribution < -0.4 is 9.47 Å². The van der Waals surface area contributed by atoms with Gasteiger partial charge in [0.15, 0.2) is 11.6 Å². The predicted molar refractivity (Wildman–Crippen MR) is 215 cm³/mol. The minimum atomic E-state index is -0.258. The van der Waals surface area contributed by atoms with E-state index in [2.05, 4.69) is 106 Å². The Hall–Kier alpha value is -6.14. The van der Waals surface area contributed by atoms with E-state index in [0.29, 0.717) is 35.8 Å². The molecule has 6 nitrogen and oxygen atoms in total. The quantitative estimate of drug-likeness (QED) is 0.0572. The molecule has 264 valence electrons. The minimum Gasteiger partial charge on any atom is -0.493 e. The van der Waals surface area contributed by atoms with E-state index in [9.17, 15) is 9.59 Å². The summed E-state index contributed by atoms with van der Waals surface area (Å²) in [6.45, 7) is 2.74. The van der Waals surface area contributed by atoms with Gasteiger partial charge in [-0.15, -0.1) is 0 Å². The van der Waals surface area contributed by atoms with Gasteiger partial charge in [-0.2, -0.15) is 0 Å². The van der Waals surface area contributed by atoms with Crippen molar-refractivity contribution in [1.29, 1.82) is 0 Å². The lowest BCUT2D eigenvalue weighted by Gasteiger charge is -2.13. The van der Waals surface area contributed by atoms with Gasteiger partial charge in [0.25, 0.3) is 0 Å². The van der Waals surface area contributed by atoms with Gasteiger partial charge >= 0.3 is 0 Å².